The van der Waals surface area contributed by atoms with Crippen molar-refractivity contribution in [1.82, 2.24) is 4.98 Å². The summed E-state index contributed by atoms with van der Waals surface area (Å²) in [6.07, 6.45) is 0.740. The number of pyridine rings is 1. The molecular weight excluding hydrogens is 188 g/mol. The second-order valence-corrected chi connectivity index (χ2v) is 3.69. The molecule has 3 heteroatoms. The van der Waals surface area contributed by atoms with Crippen molar-refractivity contribution in [2.45, 2.75) is 13.3 Å². The van der Waals surface area contributed by atoms with Crippen molar-refractivity contribution < 1.29 is 0 Å². The normalized spacial score (nSPS) is 10.8. The molecule has 78 valence electrons. The molecule has 1 heterocycles. The first-order valence-electron chi connectivity index (χ1n) is 5.04. The zero-order valence-corrected chi connectivity index (χ0v) is 8.71. The van der Waals surface area contributed by atoms with Crippen LogP contribution in [-0.4, -0.2) is 11.5 Å². The van der Waals surface area contributed by atoms with Crippen molar-refractivity contribution in [3.05, 3.63) is 45.7 Å². The lowest BCUT2D eigenvalue weighted by molar-refractivity contribution is 0.971. The average Bonchev–Trinajstić information content (AvgIpc) is 2.20. The van der Waals surface area contributed by atoms with Gasteiger partial charge in [0.1, 0.15) is 0 Å². The summed E-state index contributed by atoms with van der Waals surface area (Å²) in [5.74, 6) is 0. The van der Waals surface area contributed by atoms with Crippen LogP contribution in [0.15, 0.2) is 29.1 Å². The molecule has 0 aliphatic heterocycles. The van der Waals surface area contributed by atoms with E-state index in [1.54, 1.807) is 6.07 Å². The molecule has 2 rings (SSSR count). The van der Waals surface area contributed by atoms with E-state index in [2.05, 4.69) is 4.98 Å². The van der Waals surface area contributed by atoms with Gasteiger partial charge in [0.05, 0.1) is 5.52 Å². The van der Waals surface area contributed by atoms with Crippen LogP contribution in [0.5, 0.6) is 0 Å². The standard InChI is InChI=1S/C12H14N2O/c1-8-3-2-4-10-9(5-6-13)7-11(15)14-12(8)10/h2-4,7H,5-6,13H2,1H3,(H,14,15). The van der Waals surface area contributed by atoms with Gasteiger partial charge in [-0.05, 0) is 31.0 Å². The van der Waals surface area contributed by atoms with Crippen molar-refractivity contribution in [1.29, 1.82) is 0 Å². The zero-order chi connectivity index (χ0) is 10.8. The van der Waals surface area contributed by atoms with Crippen LogP contribution in [0, 0.1) is 6.92 Å². The Hall–Kier alpha value is -1.61. The van der Waals surface area contributed by atoms with Crippen LogP contribution in [0.3, 0.4) is 0 Å². The van der Waals surface area contributed by atoms with Crippen molar-refractivity contribution >= 4 is 10.9 Å². The molecule has 0 spiro atoms. The third kappa shape index (κ3) is 1.78. The maximum Gasteiger partial charge on any atom is 0.248 e. The molecule has 2 aromatic rings. The summed E-state index contributed by atoms with van der Waals surface area (Å²) >= 11 is 0. The number of aryl methyl sites for hydroxylation is 1. The summed E-state index contributed by atoms with van der Waals surface area (Å²) < 4.78 is 0. The lowest BCUT2D eigenvalue weighted by Gasteiger charge is -2.06. The minimum Gasteiger partial charge on any atom is -0.330 e. The van der Waals surface area contributed by atoms with E-state index in [9.17, 15) is 4.79 Å². The second-order valence-electron chi connectivity index (χ2n) is 3.69. The highest BCUT2D eigenvalue weighted by molar-refractivity contribution is 5.84. The van der Waals surface area contributed by atoms with E-state index >= 15 is 0 Å². The van der Waals surface area contributed by atoms with Crippen LogP contribution in [0.4, 0.5) is 0 Å². The molecule has 3 nitrogen and oxygen atoms in total. The van der Waals surface area contributed by atoms with Crippen LogP contribution in [0.25, 0.3) is 10.9 Å². The van der Waals surface area contributed by atoms with Crippen molar-refractivity contribution in [3.63, 3.8) is 0 Å². The summed E-state index contributed by atoms with van der Waals surface area (Å²) in [7, 11) is 0. The van der Waals surface area contributed by atoms with Crippen LogP contribution in [-0.2, 0) is 6.42 Å². The Balaban J connectivity index is 2.80. The number of aromatic nitrogens is 1. The van der Waals surface area contributed by atoms with Gasteiger partial charge in [0.2, 0.25) is 5.56 Å². The van der Waals surface area contributed by atoms with Gasteiger partial charge in [-0.3, -0.25) is 4.79 Å². The zero-order valence-electron chi connectivity index (χ0n) is 8.71. The predicted molar refractivity (Wildman–Crippen MR) is 62.1 cm³/mol. The summed E-state index contributed by atoms with van der Waals surface area (Å²) in [6.45, 7) is 2.55. The molecule has 1 aromatic carbocycles. The van der Waals surface area contributed by atoms with E-state index in [0.717, 1.165) is 28.5 Å². The molecule has 0 fully saturated rings. The van der Waals surface area contributed by atoms with Gasteiger partial charge in [-0.1, -0.05) is 18.2 Å². The molecule has 0 unspecified atom stereocenters. The van der Waals surface area contributed by atoms with Gasteiger partial charge in [-0.2, -0.15) is 0 Å². The Morgan fingerprint density at radius 3 is 2.93 bits per heavy atom. The minimum absolute atomic E-state index is 0.0553. The van der Waals surface area contributed by atoms with E-state index in [0.29, 0.717) is 6.54 Å². The number of hydrogen-bond donors (Lipinski definition) is 2. The topological polar surface area (TPSA) is 58.9 Å². The van der Waals surface area contributed by atoms with Gasteiger partial charge < -0.3 is 10.7 Å². The number of benzene rings is 1. The number of nitrogens with two attached hydrogens (primary N) is 1. The molecule has 0 amide bonds. The van der Waals surface area contributed by atoms with E-state index in [1.807, 2.05) is 25.1 Å². The Morgan fingerprint density at radius 1 is 1.40 bits per heavy atom. The highest BCUT2D eigenvalue weighted by atomic mass is 16.1. The lowest BCUT2D eigenvalue weighted by atomic mass is 10.0. The fourth-order valence-corrected chi connectivity index (χ4v) is 1.86. The van der Waals surface area contributed by atoms with E-state index in [-0.39, 0.29) is 5.56 Å². The number of fused-ring (bicyclic) bond motifs is 1. The number of rotatable bonds is 2. The average molecular weight is 202 g/mol. The van der Waals surface area contributed by atoms with E-state index in [4.69, 9.17) is 5.73 Å². The first-order chi connectivity index (χ1) is 7.22. The molecule has 0 saturated heterocycles. The molecule has 0 bridgehead atoms. The van der Waals surface area contributed by atoms with Gasteiger partial charge in [0, 0.05) is 11.5 Å². The van der Waals surface area contributed by atoms with Crippen LogP contribution in [0.2, 0.25) is 0 Å². The molecule has 0 aliphatic carbocycles. The molecule has 1 aromatic heterocycles. The van der Waals surface area contributed by atoms with Crippen molar-refractivity contribution in [2.75, 3.05) is 6.54 Å². The summed E-state index contributed by atoms with van der Waals surface area (Å²) in [5, 5.41) is 1.10. The molecular formula is C12H14N2O. The predicted octanol–water partition coefficient (Wildman–Crippen LogP) is 1.34. The number of hydrogen-bond acceptors (Lipinski definition) is 2. The van der Waals surface area contributed by atoms with Crippen LogP contribution >= 0.6 is 0 Å². The smallest absolute Gasteiger partial charge is 0.248 e. The van der Waals surface area contributed by atoms with Crippen LogP contribution in [0.1, 0.15) is 11.1 Å². The Morgan fingerprint density at radius 2 is 2.20 bits per heavy atom. The highest BCUT2D eigenvalue weighted by Gasteiger charge is 2.03. The maximum atomic E-state index is 11.4. The molecule has 15 heavy (non-hydrogen) atoms. The van der Waals surface area contributed by atoms with E-state index in [1.165, 1.54) is 0 Å². The van der Waals surface area contributed by atoms with Gasteiger partial charge in [-0.15, -0.1) is 0 Å². The molecule has 0 aliphatic rings. The van der Waals surface area contributed by atoms with Gasteiger partial charge in [-0.25, -0.2) is 0 Å². The Kier molecular flexibility index (Phi) is 2.56. The Bertz CT molecular complexity index is 543. The largest absolute Gasteiger partial charge is 0.330 e. The molecule has 0 atom stereocenters. The Labute approximate surface area is 87.9 Å². The second kappa shape index (κ2) is 3.87. The van der Waals surface area contributed by atoms with Crippen LogP contribution < -0.4 is 11.3 Å². The quantitative estimate of drug-likeness (QED) is 0.772. The fraction of sp³-hybridized carbons (Fsp3) is 0.250. The SMILES string of the molecule is Cc1cccc2c(CCN)cc(=O)[nH]c12. The van der Waals surface area contributed by atoms with Gasteiger partial charge in [0.25, 0.3) is 0 Å². The van der Waals surface area contributed by atoms with Gasteiger partial charge >= 0.3 is 0 Å². The summed E-state index contributed by atoms with van der Waals surface area (Å²) in [4.78, 5) is 14.3. The van der Waals surface area contributed by atoms with Crippen molar-refractivity contribution in [3.8, 4) is 0 Å². The third-order valence-corrected chi connectivity index (χ3v) is 2.59. The lowest BCUT2D eigenvalue weighted by Crippen LogP contribution is -2.10. The number of H-pyrrole nitrogens is 1. The number of nitrogens with one attached hydrogen (secondary N) is 1. The monoisotopic (exact) mass is 202 g/mol. The molecule has 0 radical (unpaired) electrons. The molecule has 0 saturated carbocycles. The van der Waals surface area contributed by atoms with Gasteiger partial charge in [0.15, 0.2) is 0 Å². The maximum absolute atomic E-state index is 11.4. The number of para-hydroxylation sites is 1. The summed E-state index contributed by atoms with van der Waals surface area (Å²) in [6, 6.07) is 7.64. The fourth-order valence-electron chi connectivity index (χ4n) is 1.86. The minimum atomic E-state index is -0.0553. The first-order valence-corrected chi connectivity index (χ1v) is 5.04. The summed E-state index contributed by atoms with van der Waals surface area (Å²) in [5.41, 5.74) is 8.51. The highest BCUT2D eigenvalue weighted by Crippen LogP contribution is 2.18. The third-order valence-electron chi connectivity index (χ3n) is 2.59. The van der Waals surface area contributed by atoms with Crippen molar-refractivity contribution in [2.24, 2.45) is 5.73 Å². The number of aromatic amines is 1. The molecule has 3 N–H and O–H groups in total. The van der Waals surface area contributed by atoms with E-state index < -0.39 is 0 Å². The first kappa shape index (κ1) is 9.93.